The van der Waals surface area contributed by atoms with Gasteiger partial charge >= 0.3 is 0 Å². The van der Waals surface area contributed by atoms with E-state index in [0.29, 0.717) is 56.4 Å². The van der Waals surface area contributed by atoms with Crippen LogP contribution in [0.5, 0.6) is 0 Å². The van der Waals surface area contributed by atoms with Crippen LogP contribution < -0.4 is 5.32 Å². The average molecular weight is 502 g/mol. The molecule has 0 bridgehead atoms. The van der Waals surface area contributed by atoms with Crippen LogP contribution in [0.1, 0.15) is 55.0 Å². The van der Waals surface area contributed by atoms with E-state index in [-0.39, 0.29) is 24.1 Å². The number of carbonyl (C=O) groups is 3. The largest absolute Gasteiger partial charge is 0.345 e. The Bertz CT molecular complexity index is 1260. The fourth-order valence-electron chi connectivity index (χ4n) is 5.01. The molecule has 10 heteroatoms. The zero-order valence-electron chi connectivity index (χ0n) is 20.9. The summed E-state index contributed by atoms with van der Waals surface area (Å²) in [4.78, 5) is 51.9. The molecule has 0 aliphatic carbocycles. The number of hydrogen-bond acceptors (Lipinski definition) is 6. The highest BCUT2D eigenvalue weighted by Gasteiger charge is 2.35. The van der Waals surface area contributed by atoms with Gasteiger partial charge in [0, 0.05) is 37.8 Å². The van der Waals surface area contributed by atoms with Crippen LogP contribution in [0.3, 0.4) is 0 Å². The summed E-state index contributed by atoms with van der Waals surface area (Å²) in [5.41, 5.74) is 1.23. The summed E-state index contributed by atoms with van der Waals surface area (Å²) in [5, 5.41) is 7.81. The Balaban J connectivity index is 1.48. The van der Waals surface area contributed by atoms with Crippen LogP contribution >= 0.6 is 0 Å². The quantitative estimate of drug-likeness (QED) is 0.577. The minimum absolute atomic E-state index is 0.0536. The first-order valence-electron chi connectivity index (χ1n) is 12.8. The lowest BCUT2D eigenvalue weighted by Crippen LogP contribution is -2.47. The highest BCUT2D eigenvalue weighted by molar-refractivity contribution is 5.92. The Kier molecular flexibility index (Phi) is 7.25. The second-order valence-electron chi connectivity index (χ2n) is 9.47. The fourth-order valence-corrected chi connectivity index (χ4v) is 5.01. The number of carbonyl (C=O) groups excluding carboxylic acids is 3. The molecule has 1 saturated heterocycles. The van der Waals surface area contributed by atoms with E-state index in [1.54, 1.807) is 38.9 Å². The Morgan fingerprint density at radius 1 is 0.973 bits per heavy atom. The zero-order chi connectivity index (χ0) is 25.8. The summed E-state index contributed by atoms with van der Waals surface area (Å²) in [5.74, 6) is 0.748. The molecule has 2 aromatic heterocycles. The standard InChI is InChI=1S/C27H31N7O3/c1-19-25-30-24(20-9-3-2-4-10-20)31-34(25)18-17-32(27(37)21-11-5-6-14-28-21)15-8-13-23(35)33-16-7-12-22(33)26(36)29-19/h2-6,9-11,14,19,22H,7-8,12-13,15-18H2,1H3,(H,29,36)/t19-,22-/m0/s1. The van der Waals surface area contributed by atoms with Gasteiger partial charge in [0.05, 0.1) is 12.6 Å². The third kappa shape index (κ3) is 5.37. The number of hydrogen-bond donors (Lipinski definition) is 1. The van der Waals surface area contributed by atoms with Gasteiger partial charge in [0.25, 0.3) is 5.91 Å². The summed E-state index contributed by atoms with van der Waals surface area (Å²) >= 11 is 0. The van der Waals surface area contributed by atoms with Crippen molar-refractivity contribution >= 4 is 17.7 Å². The zero-order valence-corrected chi connectivity index (χ0v) is 20.9. The molecule has 3 aromatic rings. The molecule has 0 spiro atoms. The average Bonchev–Trinajstić information content (AvgIpc) is 3.59. The Morgan fingerprint density at radius 3 is 2.57 bits per heavy atom. The van der Waals surface area contributed by atoms with Gasteiger partial charge in [0.15, 0.2) is 5.82 Å². The predicted molar refractivity (Wildman–Crippen MR) is 136 cm³/mol. The van der Waals surface area contributed by atoms with E-state index < -0.39 is 12.1 Å². The highest BCUT2D eigenvalue weighted by atomic mass is 16.2. The predicted octanol–water partition coefficient (Wildman–Crippen LogP) is 2.44. The van der Waals surface area contributed by atoms with Gasteiger partial charge in [-0.05, 0) is 38.3 Å². The number of benzene rings is 1. The van der Waals surface area contributed by atoms with Crippen molar-refractivity contribution in [3.05, 3.63) is 66.2 Å². The summed E-state index contributed by atoms with van der Waals surface area (Å²) < 4.78 is 1.77. The van der Waals surface area contributed by atoms with E-state index >= 15 is 0 Å². The molecule has 4 heterocycles. The topological polar surface area (TPSA) is 113 Å². The first-order valence-corrected chi connectivity index (χ1v) is 12.8. The van der Waals surface area contributed by atoms with Gasteiger partial charge in [0.2, 0.25) is 11.8 Å². The van der Waals surface area contributed by atoms with E-state index in [1.807, 2.05) is 37.3 Å². The maximum atomic E-state index is 13.3. The summed E-state index contributed by atoms with van der Waals surface area (Å²) in [6.07, 6.45) is 3.80. The molecule has 2 aliphatic rings. The summed E-state index contributed by atoms with van der Waals surface area (Å²) in [6, 6.07) is 14.0. The van der Waals surface area contributed by atoms with Gasteiger partial charge in [-0.15, -0.1) is 0 Å². The van der Waals surface area contributed by atoms with Crippen LogP contribution in [-0.4, -0.2) is 72.9 Å². The van der Waals surface area contributed by atoms with Gasteiger partial charge in [-0.25, -0.2) is 9.67 Å². The fraction of sp³-hybridized carbons (Fsp3) is 0.407. The lowest BCUT2D eigenvalue weighted by molar-refractivity contribution is -0.138. The van der Waals surface area contributed by atoms with E-state index in [1.165, 1.54) is 0 Å². The molecule has 0 radical (unpaired) electrons. The number of fused-ring (bicyclic) bond motifs is 2. The van der Waals surface area contributed by atoms with Gasteiger partial charge in [-0.3, -0.25) is 19.4 Å². The van der Waals surface area contributed by atoms with Gasteiger partial charge in [0.1, 0.15) is 17.6 Å². The summed E-state index contributed by atoms with van der Waals surface area (Å²) in [6.45, 7) is 3.59. The number of nitrogens with one attached hydrogen (secondary N) is 1. The second kappa shape index (κ2) is 10.9. The van der Waals surface area contributed by atoms with Crippen molar-refractivity contribution in [2.45, 2.75) is 51.2 Å². The molecule has 5 rings (SSSR count). The minimum atomic E-state index is -0.492. The van der Waals surface area contributed by atoms with Crippen molar-refractivity contribution in [2.24, 2.45) is 0 Å². The molecule has 1 N–H and O–H groups in total. The molecule has 1 aromatic carbocycles. The molecular weight excluding hydrogens is 470 g/mol. The van der Waals surface area contributed by atoms with Gasteiger partial charge in [-0.1, -0.05) is 36.4 Å². The number of rotatable bonds is 2. The third-order valence-electron chi connectivity index (χ3n) is 6.93. The van der Waals surface area contributed by atoms with Crippen molar-refractivity contribution in [1.29, 1.82) is 0 Å². The van der Waals surface area contributed by atoms with E-state index in [0.717, 1.165) is 12.0 Å². The normalized spacial score (nSPS) is 21.1. The van der Waals surface area contributed by atoms with E-state index in [2.05, 4.69) is 10.3 Å². The maximum Gasteiger partial charge on any atom is 0.272 e. The Hall–Kier alpha value is -4.08. The van der Waals surface area contributed by atoms with Crippen molar-refractivity contribution in [3.8, 4) is 11.4 Å². The third-order valence-corrected chi connectivity index (χ3v) is 6.93. The number of amides is 3. The number of aromatic nitrogens is 4. The van der Waals surface area contributed by atoms with Gasteiger partial charge < -0.3 is 15.1 Å². The lowest BCUT2D eigenvalue weighted by Gasteiger charge is -2.27. The summed E-state index contributed by atoms with van der Waals surface area (Å²) in [7, 11) is 0. The monoisotopic (exact) mass is 501 g/mol. The van der Waals surface area contributed by atoms with E-state index in [4.69, 9.17) is 10.1 Å². The van der Waals surface area contributed by atoms with Gasteiger partial charge in [-0.2, -0.15) is 5.10 Å². The first-order chi connectivity index (χ1) is 18.0. The molecule has 2 atom stereocenters. The van der Waals surface area contributed by atoms with Crippen LogP contribution in [0.2, 0.25) is 0 Å². The van der Waals surface area contributed by atoms with Crippen molar-refractivity contribution in [2.75, 3.05) is 19.6 Å². The molecule has 37 heavy (non-hydrogen) atoms. The van der Waals surface area contributed by atoms with Crippen LogP contribution in [0, 0.1) is 0 Å². The molecule has 192 valence electrons. The molecule has 3 amide bonds. The molecule has 0 saturated carbocycles. The maximum absolute atomic E-state index is 13.3. The SMILES string of the molecule is C[C@@H]1NC(=O)[C@@H]2CCCN2C(=O)CCCN(C(=O)c2ccccn2)CCn2nc(-c3ccccc3)nc21. The van der Waals surface area contributed by atoms with Crippen molar-refractivity contribution < 1.29 is 14.4 Å². The molecule has 1 fully saturated rings. The Labute approximate surface area is 215 Å². The smallest absolute Gasteiger partial charge is 0.272 e. The molecule has 10 nitrogen and oxygen atoms in total. The molecule has 0 unspecified atom stereocenters. The van der Waals surface area contributed by atoms with Crippen LogP contribution in [0.4, 0.5) is 0 Å². The van der Waals surface area contributed by atoms with Crippen LogP contribution in [-0.2, 0) is 16.1 Å². The lowest BCUT2D eigenvalue weighted by atomic mass is 10.1. The molecular formula is C27H31N7O3. The molecule has 2 aliphatic heterocycles. The van der Waals surface area contributed by atoms with Crippen LogP contribution in [0.25, 0.3) is 11.4 Å². The van der Waals surface area contributed by atoms with Crippen LogP contribution in [0.15, 0.2) is 54.7 Å². The van der Waals surface area contributed by atoms with Crippen molar-refractivity contribution in [1.82, 2.24) is 34.9 Å². The number of nitrogens with zero attached hydrogens (tertiary/aromatic N) is 6. The Morgan fingerprint density at radius 2 is 1.78 bits per heavy atom. The highest BCUT2D eigenvalue weighted by Crippen LogP contribution is 2.23. The second-order valence-corrected chi connectivity index (χ2v) is 9.47. The first kappa shape index (κ1) is 24.6. The van der Waals surface area contributed by atoms with E-state index in [9.17, 15) is 14.4 Å². The van der Waals surface area contributed by atoms with Crippen molar-refractivity contribution in [3.63, 3.8) is 0 Å². The number of pyridine rings is 1. The minimum Gasteiger partial charge on any atom is -0.345 e.